The highest BCUT2D eigenvalue weighted by atomic mass is 32.2. The van der Waals surface area contributed by atoms with Crippen LogP contribution in [0.3, 0.4) is 0 Å². The lowest BCUT2D eigenvalue weighted by molar-refractivity contribution is -0.256. The summed E-state index contributed by atoms with van der Waals surface area (Å²) in [6, 6.07) is 97.7. The standard InChI is InChI=1S/2C25H22P.C14H10O6S/c2*1-5-13-22(14-6-1)21-26(23-15-7-2-8-16-23,24-17-9-3-10-18-24)25-19-11-4-12-20-25;15-13(16)9-5-1-3-7-11(9)21(19,20)12-8-4-2-6-10(12)14(17)18/h2*1-20H,21H2;1-8H,(H,15,16)(H,17,18)/q2*+1;/p-2. The van der Waals surface area contributed by atoms with Crippen molar-refractivity contribution >= 4 is 68.1 Å². The Hall–Kier alpha value is -8.05. The average Bonchev–Trinajstić information content (AvgIpc) is 3.46. The molecule has 10 rings (SSSR count). The molecule has 0 aliphatic heterocycles. The molecule has 0 aliphatic rings. The van der Waals surface area contributed by atoms with Crippen molar-refractivity contribution in [1.29, 1.82) is 0 Å². The van der Waals surface area contributed by atoms with Gasteiger partial charge in [-0.1, -0.05) is 206 Å². The van der Waals surface area contributed by atoms with Gasteiger partial charge in [0.15, 0.2) is 0 Å². The summed E-state index contributed by atoms with van der Waals surface area (Å²) in [5, 5.41) is 30.6. The number of benzene rings is 10. The molecule has 73 heavy (non-hydrogen) atoms. The van der Waals surface area contributed by atoms with E-state index in [1.807, 2.05) is 0 Å². The van der Waals surface area contributed by atoms with Crippen LogP contribution >= 0.6 is 14.5 Å². The Labute approximate surface area is 429 Å². The van der Waals surface area contributed by atoms with Crippen LogP contribution in [0.15, 0.2) is 301 Å². The highest BCUT2D eigenvalue weighted by Crippen LogP contribution is 2.59. The fourth-order valence-corrected chi connectivity index (χ4v) is 19.2. The number of carbonyl (C=O) groups excluding carboxylic acids is 2. The smallest absolute Gasteiger partial charge is 0.207 e. The van der Waals surface area contributed by atoms with Crippen LogP contribution < -0.4 is 42.0 Å². The predicted molar refractivity (Wildman–Crippen MR) is 298 cm³/mol. The van der Waals surface area contributed by atoms with Crippen LogP contribution in [0, 0.1) is 0 Å². The number of aromatic carboxylic acids is 2. The van der Waals surface area contributed by atoms with Crippen molar-refractivity contribution in [2.45, 2.75) is 22.1 Å². The lowest BCUT2D eigenvalue weighted by Crippen LogP contribution is -2.32. The molecule has 0 atom stereocenters. The number of carboxylic acids is 2. The number of sulfone groups is 1. The number of hydrogen-bond donors (Lipinski definition) is 0. The van der Waals surface area contributed by atoms with Crippen molar-refractivity contribution in [3.63, 3.8) is 0 Å². The average molecular weight is 1010 g/mol. The maximum absolute atomic E-state index is 12.5. The predicted octanol–water partition coefficient (Wildman–Crippen LogP) is 9.61. The molecule has 0 aliphatic carbocycles. The quantitative estimate of drug-likeness (QED) is 0.100. The number of carbonyl (C=O) groups is 2. The Bertz CT molecular complexity index is 3020. The third-order valence-corrected chi connectivity index (χ3v) is 23.1. The molecule has 0 saturated heterocycles. The van der Waals surface area contributed by atoms with Gasteiger partial charge in [0, 0.05) is 11.1 Å². The maximum Gasteiger partial charge on any atom is 0.207 e. The Morgan fingerprint density at radius 1 is 0.288 bits per heavy atom. The fraction of sp³-hybridized carbons (Fsp3) is 0.0312. The van der Waals surface area contributed by atoms with Crippen LogP contribution in [0.1, 0.15) is 31.8 Å². The first-order valence-electron chi connectivity index (χ1n) is 23.7. The van der Waals surface area contributed by atoms with E-state index in [-0.39, 0.29) is 0 Å². The zero-order valence-electron chi connectivity index (χ0n) is 39.9. The molecule has 0 unspecified atom stereocenters. The van der Waals surface area contributed by atoms with Crippen molar-refractivity contribution in [3.05, 3.63) is 313 Å². The lowest BCUT2D eigenvalue weighted by atomic mass is 10.2. The molecule has 0 amide bonds. The monoisotopic (exact) mass is 1010 g/mol. The molecular weight excluding hydrogens is 959 g/mol. The Kier molecular flexibility index (Phi) is 17.1. The van der Waals surface area contributed by atoms with Crippen LogP contribution in [-0.4, -0.2) is 20.4 Å². The Morgan fingerprint density at radius 3 is 0.699 bits per heavy atom. The van der Waals surface area contributed by atoms with E-state index in [4.69, 9.17) is 0 Å². The van der Waals surface area contributed by atoms with Crippen molar-refractivity contribution < 1.29 is 28.2 Å². The minimum Gasteiger partial charge on any atom is -0.545 e. The first kappa shape index (κ1) is 51.3. The van der Waals surface area contributed by atoms with E-state index in [1.165, 1.54) is 67.2 Å². The number of hydrogen-bond acceptors (Lipinski definition) is 6. The number of rotatable bonds is 14. The molecule has 10 aromatic rings. The largest absolute Gasteiger partial charge is 0.545 e. The van der Waals surface area contributed by atoms with E-state index in [1.54, 1.807) is 0 Å². The zero-order valence-corrected chi connectivity index (χ0v) is 42.5. The van der Waals surface area contributed by atoms with Gasteiger partial charge >= 0.3 is 0 Å². The van der Waals surface area contributed by atoms with Gasteiger partial charge in [0.2, 0.25) is 9.84 Å². The van der Waals surface area contributed by atoms with Crippen molar-refractivity contribution in [3.8, 4) is 0 Å². The summed E-state index contributed by atoms with van der Waals surface area (Å²) >= 11 is 0. The first-order valence-corrected chi connectivity index (χ1v) is 29.1. The van der Waals surface area contributed by atoms with Crippen LogP contribution in [0.4, 0.5) is 0 Å². The summed E-state index contributed by atoms with van der Waals surface area (Å²) in [4.78, 5) is 21.0. The molecule has 0 fully saturated rings. The molecule has 0 saturated carbocycles. The second-order valence-corrected chi connectivity index (χ2v) is 25.8. The van der Waals surface area contributed by atoms with Gasteiger partial charge in [-0.05, 0) is 96.1 Å². The fourth-order valence-electron chi connectivity index (χ4n) is 9.11. The van der Waals surface area contributed by atoms with E-state index in [9.17, 15) is 28.2 Å². The summed E-state index contributed by atoms with van der Waals surface area (Å²) in [5.41, 5.74) is 1.70. The van der Waals surface area contributed by atoms with E-state index >= 15 is 0 Å². The van der Waals surface area contributed by atoms with E-state index in [2.05, 4.69) is 243 Å². The normalized spacial score (nSPS) is 11.2. The van der Waals surface area contributed by atoms with Crippen LogP contribution in [0.25, 0.3) is 0 Å². The third-order valence-electron chi connectivity index (χ3n) is 12.5. The van der Waals surface area contributed by atoms with Gasteiger partial charge in [-0.2, -0.15) is 0 Å². The minimum absolute atomic E-state index is 0.529. The highest BCUT2D eigenvalue weighted by Gasteiger charge is 2.46. The molecule has 360 valence electrons. The van der Waals surface area contributed by atoms with Crippen molar-refractivity contribution in [2.24, 2.45) is 0 Å². The molecule has 9 heteroatoms. The van der Waals surface area contributed by atoms with E-state index in [0.29, 0.717) is 0 Å². The van der Waals surface area contributed by atoms with Crippen LogP contribution in [0.2, 0.25) is 0 Å². The van der Waals surface area contributed by atoms with Gasteiger partial charge in [-0.3, -0.25) is 0 Å². The molecule has 0 radical (unpaired) electrons. The summed E-state index contributed by atoms with van der Waals surface area (Å²) in [5.74, 6) is -3.33. The topological polar surface area (TPSA) is 114 Å². The second-order valence-electron chi connectivity index (χ2n) is 17.0. The molecule has 0 N–H and O–H groups in total. The molecule has 6 nitrogen and oxygen atoms in total. The van der Waals surface area contributed by atoms with Gasteiger partial charge in [0.05, 0.1) is 34.1 Å². The van der Waals surface area contributed by atoms with Crippen molar-refractivity contribution in [1.82, 2.24) is 0 Å². The second kappa shape index (κ2) is 24.4. The minimum atomic E-state index is -4.33. The van der Waals surface area contributed by atoms with Crippen LogP contribution in [0.5, 0.6) is 0 Å². The van der Waals surface area contributed by atoms with Gasteiger partial charge in [0.1, 0.15) is 46.4 Å². The van der Waals surface area contributed by atoms with Gasteiger partial charge in [-0.15, -0.1) is 0 Å². The first-order chi connectivity index (χ1) is 35.6. The molecule has 10 aromatic carbocycles. The van der Waals surface area contributed by atoms with Gasteiger partial charge in [-0.25, -0.2) is 8.42 Å². The molecular formula is C64H52O6P2S. The van der Waals surface area contributed by atoms with Gasteiger partial charge in [0.25, 0.3) is 0 Å². The SMILES string of the molecule is O=C([O-])c1ccccc1S(=O)(=O)c1ccccc1C(=O)[O-].c1ccc(C[P+](c2ccccc2)(c2ccccc2)c2ccccc2)cc1.c1ccc(C[P+](c2ccccc2)(c2ccccc2)c2ccccc2)cc1. The molecule has 0 spiro atoms. The maximum atomic E-state index is 12.5. The number of carboxylic acid groups (broad SMARTS) is 2. The third kappa shape index (κ3) is 11.8. The molecule has 0 heterocycles. The Balaban J connectivity index is 0.000000147. The lowest BCUT2D eigenvalue weighted by Gasteiger charge is -2.27. The molecule has 0 aromatic heterocycles. The van der Waals surface area contributed by atoms with E-state index < -0.39 is 57.2 Å². The van der Waals surface area contributed by atoms with Crippen LogP contribution in [-0.2, 0) is 22.2 Å². The van der Waals surface area contributed by atoms with Crippen molar-refractivity contribution in [2.75, 3.05) is 0 Å². The summed E-state index contributed by atoms with van der Waals surface area (Å²) in [6.07, 6.45) is 2.07. The van der Waals surface area contributed by atoms with E-state index in [0.717, 1.165) is 36.6 Å². The summed E-state index contributed by atoms with van der Waals surface area (Å²) in [7, 11) is -7.88. The highest BCUT2D eigenvalue weighted by molar-refractivity contribution is 7.95. The molecule has 0 bridgehead atoms. The Morgan fingerprint density at radius 2 is 0.479 bits per heavy atom. The summed E-state index contributed by atoms with van der Waals surface area (Å²) < 4.78 is 25.0. The van der Waals surface area contributed by atoms with Gasteiger partial charge < -0.3 is 19.8 Å². The summed E-state index contributed by atoms with van der Waals surface area (Å²) in [6.45, 7) is 0. The zero-order chi connectivity index (χ0) is 50.9.